The Morgan fingerprint density at radius 3 is 1.82 bits per heavy atom. The van der Waals surface area contributed by atoms with E-state index in [1.54, 1.807) is 0 Å². The molecule has 11 heavy (non-hydrogen) atoms. The number of hydrogen-bond acceptors (Lipinski definition) is 1. The molecule has 1 aliphatic rings. The maximum Gasteiger partial charge on any atom is 0.0143 e. The van der Waals surface area contributed by atoms with Gasteiger partial charge in [-0.2, -0.15) is 0 Å². The largest absolute Gasteiger partial charge is 0.306 e. The highest BCUT2D eigenvalue weighted by molar-refractivity contribution is 4.93. The van der Waals surface area contributed by atoms with E-state index in [1.807, 2.05) is 0 Å². The van der Waals surface area contributed by atoms with Crippen molar-refractivity contribution in [3.05, 3.63) is 0 Å². The van der Waals surface area contributed by atoms with Gasteiger partial charge in [-0.25, -0.2) is 0 Å². The highest BCUT2D eigenvalue weighted by atomic mass is 15.1. The van der Waals surface area contributed by atoms with E-state index in [1.165, 1.54) is 6.42 Å². The minimum atomic E-state index is 0.806. The maximum absolute atomic E-state index is 2.39. The Kier molecular flexibility index (Phi) is 2.58. The van der Waals surface area contributed by atoms with Crippen LogP contribution in [0.4, 0.5) is 0 Å². The summed E-state index contributed by atoms with van der Waals surface area (Å²) in [5.74, 6) is 2.76. The van der Waals surface area contributed by atoms with Crippen LogP contribution in [0.1, 0.15) is 27.2 Å². The molecule has 1 rings (SSSR count). The van der Waals surface area contributed by atoms with Gasteiger partial charge >= 0.3 is 0 Å². The molecule has 1 heteroatoms. The van der Waals surface area contributed by atoms with E-state index in [0.29, 0.717) is 0 Å². The summed E-state index contributed by atoms with van der Waals surface area (Å²) in [6.07, 6.45) is 1.45. The van der Waals surface area contributed by atoms with Gasteiger partial charge in [0.2, 0.25) is 0 Å². The third-order valence-corrected chi connectivity index (χ3v) is 2.89. The lowest BCUT2D eigenvalue weighted by Crippen LogP contribution is -2.35. The quantitative estimate of drug-likeness (QED) is 0.604. The zero-order chi connectivity index (χ0) is 8.59. The molecule has 0 bridgehead atoms. The van der Waals surface area contributed by atoms with Gasteiger partial charge in [0.05, 0.1) is 0 Å². The molecule has 0 aliphatic heterocycles. The predicted molar refractivity (Wildman–Crippen MR) is 49.6 cm³/mol. The van der Waals surface area contributed by atoms with Gasteiger partial charge in [0.25, 0.3) is 0 Å². The Labute approximate surface area is 70.8 Å². The molecular weight excluding hydrogens is 134 g/mol. The smallest absolute Gasteiger partial charge is 0.0143 e. The SMILES string of the molecule is CC(C)C(C1CC1C)N(C)C. The molecule has 0 heterocycles. The second-order valence-corrected chi connectivity index (χ2v) is 4.58. The van der Waals surface area contributed by atoms with E-state index < -0.39 is 0 Å². The summed E-state index contributed by atoms with van der Waals surface area (Å²) >= 11 is 0. The van der Waals surface area contributed by atoms with Crippen molar-refractivity contribution in [2.24, 2.45) is 17.8 Å². The van der Waals surface area contributed by atoms with Gasteiger partial charge in [0.1, 0.15) is 0 Å². The molecule has 0 aromatic heterocycles. The predicted octanol–water partition coefficient (Wildman–Crippen LogP) is 2.23. The van der Waals surface area contributed by atoms with Crippen LogP contribution in [0, 0.1) is 17.8 Å². The molecule has 0 saturated heterocycles. The van der Waals surface area contributed by atoms with Crippen molar-refractivity contribution < 1.29 is 0 Å². The van der Waals surface area contributed by atoms with Crippen LogP contribution >= 0.6 is 0 Å². The number of nitrogens with zero attached hydrogens (tertiary/aromatic N) is 1. The Hall–Kier alpha value is -0.0400. The minimum Gasteiger partial charge on any atom is -0.306 e. The first-order valence-electron chi connectivity index (χ1n) is 4.70. The topological polar surface area (TPSA) is 3.24 Å². The van der Waals surface area contributed by atoms with E-state index in [-0.39, 0.29) is 0 Å². The summed E-state index contributed by atoms with van der Waals surface area (Å²) in [6.45, 7) is 7.02. The summed E-state index contributed by atoms with van der Waals surface area (Å²) in [4.78, 5) is 2.39. The van der Waals surface area contributed by atoms with Crippen LogP contribution in [0.5, 0.6) is 0 Å². The molecule has 1 fully saturated rings. The Morgan fingerprint density at radius 1 is 1.27 bits per heavy atom. The van der Waals surface area contributed by atoms with Crippen LogP contribution in [0.3, 0.4) is 0 Å². The molecule has 0 aromatic rings. The van der Waals surface area contributed by atoms with Crippen LogP contribution in [-0.4, -0.2) is 25.0 Å². The van der Waals surface area contributed by atoms with E-state index in [0.717, 1.165) is 23.8 Å². The molecule has 1 saturated carbocycles. The van der Waals surface area contributed by atoms with Crippen LogP contribution < -0.4 is 0 Å². The monoisotopic (exact) mass is 155 g/mol. The van der Waals surface area contributed by atoms with Gasteiger partial charge in [-0.3, -0.25) is 0 Å². The van der Waals surface area contributed by atoms with Gasteiger partial charge in [-0.15, -0.1) is 0 Å². The summed E-state index contributed by atoms with van der Waals surface area (Å²) < 4.78 is 0. The number of rotatable bonds is 3. The zero-order valence-electron chi connectivity index (χ0n) is 8.46. The Balaban J connectivity index is 2.47. The highest BCUT2D eigenvalue weighted by Gasteiger charge is 2.41. The third kappa shape index (κ3) is 1.96. The van der Waals surface area contributed by atoms with Crippen LogP contribution in [0.15, 0.2) is 0 Å². The van der Waals surface area contributed by atoms with Crippen LogP contribution in [0.25, 0.3) is 0 Å². The average molecular weight is 155 g/mol. The molecule has 0 spiro atoms. The fourth-order valence-electron chi connectivity index (χ4n) is 2.30. The zero-order valence-corrected chi connectivity index (χ0v) is 8.46. The summed E-state index contributed by atoms with van der Waals surface area (Å²) in [5.41, 5.74) is 0. The van der Waals surface area contributed by atoms with Crippen molar-refractivity contribution in [2.45, 2.75) is 33.2 Å². The minimum absolute atomic E-state index is 0.806. The van der Waals surface area contributed by atoms with Crippen molar-refractivity contribution in [2.75, 3.05) is 14.1 Å². The first-order valence-corrected chi connectivity index (χ1v) is 4.70. The van der Waals surface area contributed by atoms with Crippen molar-refractivity contribution in [1.29, 1.82) is 0 Å². The number of hydrogen-bond donors (Lipinski definition) is 0. The maximum atomic E-state index is 2.39. The molecule has 0 radical (unpaired) electrons. The first-order chi connectivity index (χ1) is 5.04. The molecule has 0 aromatic carbocycles. The van der Waals surface area contributed by atoms with Gasteiger partial charge in [0, 0.05) is 6.04 Å². The average Bonchev–Trinajstić information content (AvgIpc) is 2.44. The van der Waals surface area contributed by atoms with E-state index in [9.17, 15) is 0 Å². The van der Waals surface area contributed by atoms with E-state index in [4.69, 9.17) is 0 Å². The molecule has 1 aliphatic carbocycles. The highest BCUT2D eigenvalue weighted by Crippen LogP contribution is 2.44. The lowest BCUT2D eigenvalue weighted by Gasteiger charge is -2.28. The third-order valence-electron chi connectivity index (χ3n) is 2.89. The Bertz CT molecular complexity index is 121. The second kappa shape index (κ2) is 3.14. The lowest BCUT2D eigenvalue weighted by molar-refractivity contribution is 0.199. The Morgan fingerprint density at radius 2 is 1.73 bits per heavy atom. The fraction of sp³-hybridized carbons (Fsp3) is 1.00. The van der Waals surface area contributed by atoms with Gasteiger partial charge in [0.15, 0.2) is 0 Å². The van der Waals surface area contributed by atoms with Crippen molar-refractivity contribution >= 4 is 0 Å². The van der Waals surface area contributed by atoms with Gasteiger partial charge in [-0.05, 0) is 38.3 Å². The lowest BCUT2D eigenvalue weighted by atomic mass is 9.97. The summed E-state index contributed by atoms with van der Waals surface area (Å²) in [7, 11) is 4.41. The van der Waals surface area contributed by atoms with Crippen LogP contribution in [-0.2, 0) is 0 Å². The van der Waals surface area contributed by atoms with E-state index >= 15 is 0 Å². The van der Waals surface area contributed by atoms with Gasteiger partial charge < -0.3 is 4.90 Å². The molecule has 3 atom stereocenters. The standard InChI is InChI=1S/C10H21N/c1-7(2)10(11(4)5)9-6-8(9)3/h7-10H,6H2,1-5H3. The molecule has 0 amide bonds. The van der Waals surface area contributed by atoms with Gasteiger partial charge in [-0.1, -0.05) is 20.8 Å². The van der Waals surface area contributed by atoms with E-state index in [2.05, 4.69) is 39.8 Å². The van der Waals surface area contributed by atoms with Crippen molar-refractivity contribution in [3.8, 4) is 0 Å². The molecule has 0 N–H and O–H groups in total. The van der Waals surface area contributed by atoms with Crippen LogP contribution in [0.2, 0.25) is 0 Å². The molecule has 66 valence electrons. The first kappa shape index (κ1) is 9.05. The fourth-order valence-corrected chi connectivity index (χ4v) is 2.30. The van der Waals surface area contributed by atoms with Crippen molar-refractivity contribution in [1.82, 2.24) is 4.90 Å². The second-order valence-electron chi connectivity index (χ2n) is 4.58. The normalized spacial score (nSPS) is 33.0. The summed E-state index contributed by atoms with van der Waals surface area (Å²) in [6, 6.07) is 0.810. The molecule has 3 unspecified atom stereocenters. The summed E-state index contributed by atoms with van der Waals surface area (Å²) in [5, 5.41) is 0. The van der Waals surface area contributed by atoms with Crippen molar-refractivity contribution in [3.63, 3.8) is 0 Å². The molecule has 1 nitrogen and oxygen atoms in total. The molecular formula is C10H21N.